The summed E-state index contributed by atoms with van der Waals surface area (Å²) in [5.41, 5.74) is -0.101. The van der Waals surface area contributed by atoms with Gasteiger partial charge in [-0.15, -0.1) is 12.3 Å². The number of carbonyl (C=O) groups is 2. The predicted molar refractivity (Wildman–Crippen MR) is 83.3 cm³/mol. The highest BCUT2D eigenvalue weighted by Crippen LogP contribution is 2.53. The van der Waals surface area contributed by atoms with Crippen LogP contribution in [0.5, 0.6) is 0 Å². The highest BCUT2D eigenvalue weighted by molar-refractivity contribution is 5.77. The van der Waals surface area contributed by atoms with Crippen LogP contribution in [0.3, 0.4) is 0 Å². The average Bonchev–Trinajstić information content (AvgIpc) is 3.24. The number of carbonyl (C=O) groups excluding carboxylic acids is 2. The van der Waals surface area contributed by atoms with E-state index in [2.05, 4.69) is 16.1 Å². The molecule has 0 aromatic carbocycles. The van der Waals surface area contributed by atoms with E-state index in [0.717, 1.165) is 32.4 Å². The third kappa shape index (κ3) is 3.39. The fourth-order valence-corrected chi connectivity index (χ4v) is 3.96. The lowest BCUT2D eigenvalue weighted by Crippen LogP contribution is -2.63. The van der Waals surface area contributed by atoms with Crippen LogP contribution in [0.25, 0.3) is 0 Å². The topological polar surface area (TPSA) is 71.3 Å². The maximum Gasteiger partial charge on any atom is 0.305 e. The molecule has 1 saturated carbocycles. The minimum Gasteiger partial charge on any atom is -0.469 e. The number of terminal acetylenes is 1. The Balaban J connectivity index is 1.34. The lowest BCUT2D eigenvalue weighted by atomic mass is 9.57. The lowest BCUT2D eigenvalue weighted by molar-refractivity contribution is -0.160. The van der Waals surface area contributed by atoms with Crippen LogP contribution in [0.1, 0.15) is 44.9 Å². The number of methoxy groups -OCH3 is 1. The molecule has 2 aliphatic heterocycles. The van der Waals surface area contributed by atoms with Gasteiger partial charge in [-0.1, -0.05) is 0 Å². The molecule has 124 valence electrons. The third-order valence-electron chi connectivity index (χ3n) is 5.32. The minimum absolute atomic E-state index is 0.133. The minimum atomic E-state index is -0.368. The fourth-order valence-electron chi connectivity index (χ4n) is 3.96. The van der Waals surface area contributed by atoms with Crippen molar-refractivity contribution in [3.8, 4) is 12.3 Å². The molecule has 0 unspecified atom stereocenters. The zero-order chi connectivity index (χ0) is 16.5. The highest BCUT2D eigenvalue weighted by atomic mass is 16.5. The summed E-state index contributed by atoms with van der Waals surface area (Å²) in [6, 6.07) is 0. The van der Waals surface area contributed by atoms with Crippen molar-refractivity contribution in [2.24, 2.45) is 21.6 Å². The molecule has 23 heavy (non-hydrogen) atoms. The molecule has 0 atom stereocenters. The standard InChI is InChI=1S/C17H23N3O3/c1-3-4-6-17(18-19-17)7-5-14(21)20-11-16(12-20)9-13(10-16)8-15(22)23-2/h1,13H,4-12H2,2H3. The molecule has 1 amide bonds. The zero-order valence-corrected chi connectivity index (χ0v) is 13.6. The number of nitrogens with zero attached hydrogens (tertiary/aromatic N) is 3. The predicted octanol–water partition coefficient (Wildman–Crippen LogP) is 2.14. The van der Waals surface area contributed by atoms with E-state index in [1.54, 1.807) is 0 Å². The maximum atomic E-state index is 12.2. The molecule has 2 heterocycles. The fraction of sp³-hybridized carbons (Fsp3) is 0.765. The van der Waals surface area contributed by atoms with Crippen LogP contribution >= 0.6 is 0 Å². The molecule has 3 aliphatic rings. The van der Waals surface area contributed by atoms with Crippen molar-refractivity contribution in [3.63, 3.8) is 0 Å². The first-order valence-electron chi connectivity index (χ1n) is 8.22. The van der Waals surface area contributed by atoms with E-state index in [1.807, 2.05) is 4.90 Å². The number of ether oxygens (including phenoxy) is 1. The Morgan fingerprint density at radius 3 is 2.57 bits per heavy atom. The highest BCUT2D eigenvalue weighted by Gasteiger charge is 2.53. The summed E-state index contributed by atoms with van der Waals surface area (Å²) in [6.45, 7) is 1.66. The summed E-state index contributed by atoms with van der Waals surface area (Å²) in [6.07, 6.45) is 10.4. The van der Waals surface area contributed by atoms with Crippen molar-refractivity contribution in [1.82, 2.24) is 4.90 Å². The van der Waals surface area contributed by atoms with Gasteiger partial charge in [0.15, 0.2) is 5.66 Å². The van der Waals surface area contributed by atoms with E-state index in [-0.39, 0.29) is 23.0 Å². The smallest absolute Gasteiger partial charge is 0.305 e. The van der Waals surface area contributed by atoms with Gasteiger partial charge in [-0.3, -0.25) is 9.59 Å². The van der Waals surface area contributed by atoms with E-state index in [0.29, 0.717) is 31.6 Å². The summed E-state index contributed by atoms with van der Waals surface area (Å²) in [7, 11) is 1.43. The van der Waals surface area contributed by atoms with Crippen LogP contribution in [0.2, 0.25) is 0 Å². The second-order valence-electron chi connectivity index (χ2n) is 7.19. The maximum absolute atomic E-state index is 12.2. The van der Waals surface area contributed by atoms with Crippen LogP contribution in [-0.2, 0) is 14.3 Å². The summed E-state index contributed by atoms with van der Waals surface area (Å²) < 4.78 is 4.70. The van der Waals surface area contributed by atoms with Gasteiger partial charge < -0.3 is 9.64 Å². The van der Waals surface area contributed by atoms with Gasteiger partial charge >= 0.3 is 5.97 Å². The van der Waals surface area contributed by atoms with Crippen LogP contribution in [0.15, 0.2) is 10.2 Å². The van der Waals surface area contributed by atoms with E-state index in [4.69, 9.17) is 11.2 Å². The Labute approximate surface area is 136 Å². The van der Waals surface area contributed by atoms with Gasteiger partial charge in [0.1, 0.15) is 0 Å². The molecule has 0 aromatic rings. The molecular formula is C17H23N3O3. The lowest BCUT2D eigenvalue weighted by Gasteiger charge is -2.59. The Kier molecular flexibility index (Phi) is 4.13. The summed E-state index contributed by atoms with van der Waals surface area (Å²) >= 11 is 0. The number of esters is 1. The largest absolute Gasteiger partial charge is 0.469 e. The van der Waals surface area contributed by atoms with E-state index < -0.39 is 0 Å². The van der Waals surface area contributed by atoms with Gasteiger partial charge in [-0.25, -0.2) is 0 Å². The first kappa shape index (κ1) is 16.0. The van der Waals surface area contributed by atoms with Gasteiger partial charge in [-0.2, -0.15) is 10.2 Å². The molecular weight excluding hydrogens is 294 g/mol. The molecule has 6 heteroatoms. The van der Waals surface area contributed by atoms with Crippen LogP contribution in [0.4, 0.5) is 0 Å². The van der Waals surface area contributed by atoms with Gasteiger partial charge in [0, 0.05) is 50.6 Å². The van der Waals surface area contributed by atoms with Crippen molar-refractivity contribution >= 4 is 11.9 Å². The number of hydrogen-bond acceptors (Lipinski definition) is 5. The second kappa shape index (κ2) is 5.95. The van der Waals surface area contributed by atoms with Gasteiger partial charge in [0.25, 0.3) is 0 Å². The number of hydrogen-bond donors (Lipinski definition) is 0. The summed E-state index contributed by atoms with van der Waals surface area (Å²) in [5, 5.41) is 8.13. The quantitative estimate of drug-likeness (QED) is 0.533. The molecule has 1 saturated heterocycles. The van der Waals surface area contributed by atoms with Gasteiger partial charge in [0.2, 0.25) is 5.91 Å². The first-order valence-corrected chi connectivity index (χ1v) is 8.22. The van der Waals surface area contributed by atoms with Crippen LogP contribution in [-0.4, -0.2) is 42.6 Å². The van der Waals surface area contributed by atoms with Crippen molar-refractivity contribution in [2.45, 2.75) is 50.6 Å². The molecule has 6 nitrogen and oxygen atoms in total. The molecule has 1 aliphatic carbocycles. The molecule has 0 bridgehead atoms. The van der Waals surface area contributed by atoms with Crippen LogP contribution < -0.4 is 0 Å². The number of rotatable bonds is 7. The number of likely N-dealkylation sites (tertiary alicyclic amines) is 1. The van der Waals surface area contributed by atoms with Crippen molar-refractivity contribution in [2.75, 3.05) is 20.2 Å². The van der Waals surface area contributed by atoms with E-state index in [9.17, 15) is 9.59 Å². The normalized spacial score (nSPS) is 22.9. The third-order valence-corrected chi connectivity index (χ3v) is 5.32. The van der Waals surface area contributed by atoms with Gasteiger partial charge in [0.05, 0.1) is 7.11 Å². The van der Waals surface area contributed by atoms with Crippen molar-refractivity contribution < 1.29 is 14.3 Å². The van der Waals surface area contributed by atoms with E-state index in [1.165, 1.54) is 7.11 Å². The SMILES string of the molecule is C#CCCC1(CCC(=O)N2CC3(CC(CC(=O)OC)C3)C2)N=N1. The summed E-state index contributed by atoms with van der Waals surface area (Å²) in [5.74, 6) is 3.07. The van der Waals surface area contributed by atoms with Crippen molar-refractivity contribution in [1.29, 1.82) is 0 Å². The van der Waals surface area contributed by atoms with Gasteiger partial charge in [-0.05, 0) is 18.8 Å². The molecule has 0 radical (unpaired) electrons. The van der Waals surface area contributed by atoms with Crippen LogP contribution in [0, 0.1) is 23.7 Å². The first-order chi connectivity index (χ1) is 11.0. The van der Waals surface area contributed by atoms with E-state index >= 15 is 0 Å². The Morgan fingerprint density at radius 2 is 2.00 bits per heavy atom. The monoisotopic (exact) mass is 317 g/mol. The molecule has 2 fully saturated rings. The summed E-state index contributed by atoms with van der Waals surface area (Å²) in [4.78, 5) is 25.4. The Bertz CT molecular complexity index is 558. The molecule has 1 spiro atoms. The second-order valence-corrected chi connectivity index (χ2v) is 7.19. The Hall–Kier alpha value is -1.90. The molecule has 3 rings (SSSR count). The zero-order valence-electron chi connectivity index (χ0n) is 13.6. The molecule has 0 aromatic heterocycles. The number of amides is 1. The van der Waals surface area contributed by atoms with Crippen molar-refractivity contribution in [3.05, 3.63) is 0 Å². The average molecular weight is 317 g/mol. The Morgan fingerprint density at radius 1 is 1.30 bits per heavy atom. The molecule has 0 N–H and O–H groups in total.